The molecule has 1 aliphatic heterocycles. The molecule has 92 valence electrons. The molecular weight excluding hydrogens is 218 g/mol. The van der Waals surface area contributed by atoms with E-state index in [4.69, 9.17) is 9.84 Å². The molecule has 0 amide bonds. The fourth-order valence-electron chi connectivity index (χ4n) is 2.20. The molecule has 2 N–H and O–H groups in total. The van der Waals surface area contributed by atoms with Crippen LogP contribution in [-0.4, -0.2) is 30.8 Å². The number of nitrogens with one attached hydrogen (secondary N) is 1. The largest absolute Gasteiger partial charge is 0.492 e. The first-order chi connectivity index (χ1) is 8.24. The predicted molar refractivity (Wildman–Crippen MR) is 64.8 cm³/mol. The number of fused-ring (bicyclic) bond motifs is 1. The van der Waals surface area contributed by atoms with E-state index < -0.39 is 5.97 Å². The highest BCUT2D eigenvalue weighted by Crippen LogP contribution is 2.35. The Morgan fingerprint density at radius 3 is 3.12 bits per heavy atom. The molecule has 17 heavy (non-hydrogen) atoms. The number of hydrogen-bond acceptors (Lipinski definition) is 3. The van der Waals surface area contributed by atoms with E-state index in [-0.39, 0.29) is 5.56 Å². The summed E-state index contributed by atoms with van der Waals surface area (Å²) in [5.41, 5.74) is 1.28. The van der Waals surface area contributed by atoms with Gasteiger partial charge in [0.25, 0.3) is 0 Å². The first-order valence-corrected chi connectivity index (χ1v) is 5.93. The quantitative estimate of drug-likeness (QED) is 0.836. The monoisotopic (exact) mass is 235 g/mol. The average molecular weight is 235 g/mol. The van der Waals surface area contributed by atoms with Gasteiger partial charge in [-0.1, -0.05) is 19.1 Å². The summed E-state index contributed by atoms with van der Waals surface area (Å²) in [7, 11) is 0. The average Bonchev–Trinajstić information content (AvgIpc) is 2.35. The molecular formula is C13H17NO3. The molecule has 0 spiro atoms. The van der Waals surface area contributed by atoms with Crippen LogP contribution in [0.2, 0.25) is 0 Å². The summed E-state index contributed by atoms with van der Waals surface area (Å²) in [6.07, 6.45) is 0.934. The zero-order valence-electron chi connectivity index (χ0n) is 9.90. The number of hydrogen-bond donors (Lipinski definition) is 2. The number of carboxylic acid groups (broad SMARTS) is 1. The maximum absolute atomic E-state index is 11.1. The number of para-hydroxylation sites is 1. The number of benzene rings is 1. The fourth-order valence-corrected chi connectivity index (χ4v) is 2.20. The topological polar surface area (TPSA) is 58.6 Å². The summed E-state index contributed by atoms with van der Waals surface area (Å²) in [5.74, 6) is -0.0295. The maximum atomic E-state index is 11.1. The van der Waals surface area contributed by atoms with Gasteiger partial charge in [0.2, 0.25) is 0 Å². The van der Waals surface area contributed by atoms with Crippen molar-refractivity contribution >= 4 is 5.97 Å². The van der Waals surface area contributed by atoms with Crippen molar-refractivity contribution in [3.63, 3.8) is 0 Å². The Balaban J connectivity index is 2.32. The lowest BCUT2D eigenvalue weighted by molar-refractivity contribution is 0.0690. The second kappa shape index (κ2) is 5.19. The van der Waals surface area contributed by atoms with Crippen LogP contribution >= 0.6 is 0 Å². The highest BCUT2D eigenvalue weighted by atomic mass is 16.5. The smallest absolute Gasteiger partial charge is 0.339 e. The number of aromatic carboxylic acids is 1. The fraction of sp³-hybridized carbons (Fsp3) is 0.462. The van der Waals surface area contributed by atoms with Crippen LogP contribution in [0.5, 0.6) is 5.75 Å². The van der Waals surface area contributed by atoms with Crippen LogP contribution in [0.4, 0.5) is 0 Å². The van der Waals surface area contributed by atoms with Gasteiger partial charge < -0.3 is 15.2 Å². The molecule has 4 nitrogen and oxygen atoms in total. The van der Waals surface area contributed by atoms with E-state index in [2.05, 4.69) is 12.2 Å². The third-order valence-electron chi connectivity index (χ3n) is 3.07. The lowest BCUT2D eigenvalue weighted by Crippen LogP contribution is -2.26. The van der Waals surface area contributed by atoms with Gasteiger partial charge in [-0.15, -0.1) is 0 Å². The van der Waals surface area contributed by atoms with Crippen LogP contribution in [0.15, 0.2) is 18.2 Å². The van der Waals surface area contributed by atoms with Crippen molar-refractivity contribution in [2.45, 2.75) is 19.3 Å². The second-order valence-corrected chi connectivity index (χ2v) is 4.17. The second-order valence-electron chi connectivity index (χ2n) is 4.17. The first kappa shape index (κ1) is 11.9. The molecule has 1 heterocycles. The molecule has 0 saturated carbocycles. The Bertz CT molecular complexity index is 417. The third kappa shape index (κ3) is 2.42. The van der Waals surface area contributed by atoms with Gasteiger partial charge in [-0.3, -0.25) is 0 Å². The van der Waals surface area contributed by atoms with E-state index in [1.807, 2.05) is 6.07 Å². The summed E-state index contributed by atoms with van der Waals surface area (Å²) in [5, 5.41) is 12.4. The Kier molecular flexibility index (Phi) is 3.64. The summed E-state index contributed by atoms with van der Waals surface area (Å²) in [6.45, 7) is 4.45. The molecule has 0 saturated heterocycles. The Hall–Kier alpha value is -1.55. The minimum absolute atomic E-state index is 0.267. The van der Waals surface area contributed by atoms with Gasteiger partial charge in [-0.05, 0) is 24.6 Å². The standard InChI is InChI=1S/C13H17NO3/c1-2-14-8-9-6-7-17-12-10(9)4-3-5-11(12)13(15)16/h3-5,9,14H,2,6-8H2,1H3,(H,15,16). The van der Waals surface area contributed by atoms with Crippen LogP contribution < -0.4 is 10.1 Å². The molecule has 0 radical (unpaired) electrons. The van der Waals surface area contributed by atoms with Gasteiger partial charge in [0, 0.05) is 12.5 Å². The molecule has 0 aliphatic carbocycles. The van der Waals surface area contributed by atoms with E-state index in [1.165, 1.54) is 0 Å². The first-order valence-electron chi connectivity index (χ1n) is 5.93. The molecule has 1 aliphatic rings. The molecule has 1 atom stereocenters. The van der Waals surface area contributed by atoms with Crippen molar-refractivity contribution in [2.75, 3.05) is 19.7 Å². The highest BCUT2D eigenvalue weighted by Gasteiger charge is 2.25. The van der Waals surface area contributed by atoms with Crippen LogP contribution in [0, 0.1) is 0 Å². The van der Waals surface area contributed by atoms with Gasteiger partial charge in [0.05, 0.1) is 6.61 Å². The summed E-state index contributed by atoms with van der Waals surface area (Å²) in [4.78, 5) is 11.1. The van der Waals surface area contributed by atoms with Gasteiger partial charge in [-0.25, -0.2) is 4.79 Å². The Morgan fingerprint density at radius 2 is 2.41 bits per heavy atom. The number of likely N-dealkylation sites (N-methyl/N-ethyl adjacent to an activating group) is 1. The van der Waals surface area contributed by atoms with Crippen molar-refractivity contribution in [3.8, 4) is 5.75 Å². The molecule has 0 fully saturated rings. The van der Waals surface area contributed by atoms with Crippen molar-refractivity contribution in [2.24, 2.45) is 0 Å². The van der Waals surface area contributed by atoms with E-state index >= 15 is 0 Å². The summed E-state index contributed by atoms with van der Waals surface area (Å²) < 4.78 is 5.52. The maximum Gasteiger partial charge on any atom is 0.339 e. The Morgan fingerprint density at radius 1 is 1.59 bits per heavy atom. The zero-order chi connectivity index (χ0) is 12.3. The van der Waals surface area contributed by atoms with Gasteiger partial charge in [-0.2, -0.15) is 0 Å². The number of rotatable bonds is 4. The third-order valence-corrected chi connectivity index (χ3v) is 3.07. The van der Waals surface area contributed by atoms with Crippen molar-refractivity contribution in [1.29, 1.82) is 0 Å². The Labute approximate surface area is 101 Å². The highest BCUT2D eigenvalue weighted by molar-refractivity contribution is 5.91. The van der Waals surface area contributed by atoms with Crippen LogP contribution in [0.1, 0.15) is 35.2 Å². The van der Waals surface area contributed by atoms with E-state index in [0.717, 1.165) is 25.1 Å². The molecule has 4 heteroatoms. The van der Waals surface area contributed by atoms with E-state index in [1.54, 1.807) is 12.1 Å². The van der Waals surface area contributed by atoms with Crippen LogP contribution in [0.3, 0.4) is 0 Å². The predicted octanol–water partition coefficient (Wildman–Crippen LogP) is 1.86. The number of ether oxygens (including phenoxy) is 1. The van der Waals surface area contributed by atoms with E-state index in [9.17, 15) is 4.79 Å². The van der Waals surface area contributed by atoms with Gasteiger partial charge in [0.1, 0.15) is 11.3 Å². The zero-order valence-corrected chi connectivity index (χ0v) is 9.90. The molecule has 1 unspecified atom stereocenters. The lowest BCUT2D eigenvalue weighted by atomic mass is 9.91. The minimum atomic E-state index is -0.925. The van der Waals surface area contributed by atoms with Crippen LogP contribution in [-0.2, 0) is 0 Å². The molecule has 0 aromatic heterocycles. The minimum Gasteiger partial charge on any atom is -0.492 e. The molecule has 2 rings (SSSR count). The van der Waals surface area contributed by atoms with Gasteiger partial charge >= 0.3 is 5.97 Å². The van der Waals surface area contributed by atoms with Crippen molar-refractivity contribution in [3.05, 3.63) is 29.3 Å². The lowest BCUT2D eigenvalue weighted by Gasteiger charge is -2.27. The molecule has 0 bridgehead atoms. The normalized spacial score (nSPS) is 18.3. The van der Waals surface area contributed by atoms with Crippen LogP contribution in [0.25, 0.3) is 0 Å². The molecule has 1 aromatic carbocycles. The molecule has 1 aromatic rings. The summed E-state index contributed by atoms with van der Waals surface area (Å²) >= 11 is 0. The van der Waals surface area contributed by atoms with E-state index in [0.29, 0.717) is 18.3 Å². The van der Waals surface area contributed by atoms with Crippen molar-refractivity contribution in [1.82, 2.24) is 5.32 Å². The number of carboxylic acids is 1. The summed E-state index contributed by atoms with van der Waals surface area (Å²) in [6, 6.07) is 5.34. The number of carbonyl (C=O) groups is 1. The van der Waals surface area contributed by atoms with Crippen molar-refractivity contribution < 1.29 is 14.6 Å². The SMILES string of the molecule is CCNCC1CCOc2c(C(=O)O)cccc21. The van der Waals surface area contributed by atoms with Gasteiger partial charge in [0.15, 0.2) is 0 Å².